The topological polar surface area (TPSA) is 22.1 Å². The molecule has 1 aromatic carbocycles. The summed E-state index contributed by atoms with van der Waals surface area (Å²) < 4.78 is 30.9. The molecule has 0 unspecified atom stereocenters. The molecule has 76 valence electrons. The summed E-state index contributed by atoms with van der Waals surface area (Å²) in [5, 5.41) is 0. The Kier molecular flexibility index (Phi) is 2.58. The number of benzene rings is 1. The first-order chi connectivity index (χ1) is 7.25. The molecule has 4 heteroatoms. The minimum Gasteiger partial charge on any atom is -0.453 e. The molecule has 15 heavy (non-hydrogen) atoms. The highest BCUT2D eigenvalue weighted by Crippen LogP contribution is 2.23. The molecule has 0 aliphatic carbocycles. The van der Waals surface area contributed by atoms with Gasteiger partial charge in [0.25, 0.3) is 0 Å². The molecule has 0 aliphatic heterocycles. The quantitative estimate of drug-likeness (QED) is 0.754. The second-order valence-electron chi connectivity index (χ2n) is 2.87. The number of halogens is 2. The first-order valence-corrected chi connectivity index (χ1v) is 4.28. The van der Waals surface area contributed by atoms with Crippen molar-refractivity contribution in [3.63, 3.8) is 0 Å². The van der Waals surface area contributed by atoms with Crippen LogP contribution in [0.3, 0.4) is 0 Å². The highest BCUT2D eigenvalue weighted by molar-refractivity contribution is 5.30. The second-order valence-corrected chi connectivity index (χ2v) is 2.87. The summed E-state index contributed by atoms with van der Waals surface area (Å²) in [6, 6.07) is 6.44. The van der Waals surface area contributed by atoms with Crippen LogP contribution < -0.4 is 4.74 Å². The van der Waals surface area contributed by atoms with Gasteiger partial charge in [0.15, 0.2) is 11.6 Å². The molecule has 0 saturated heterocycles. The van der Waals surface area contributed by atoms with Crippen LogP contribution in [0.1, 0.15) is 0 Å². The first kappa shape index (κ1) is 9.58. The van der Waals surface area contributed by atoms with Crippen molar-refractivity contribution >= 4 is 0 Å². The molecule has 0 bridgehead atoms. The maximum Gasteiger partial charge on any atom is 0.168 e. The van der Waals surface area contributed by atoms with Crippen molar-refractivity contribution in [1.29, 1.82) is 0 Å². The maximum atomic E-state index is 13.2. The number of rotatable bonds is 2. The van der Waals surface area contributed by atoms with Gasteiger partial charge < -0.3 is 4.74 Å². The first-order valence-electron chi connectivity index (χ1n) is 4.28. The third-order valence-electron chi connectivity index (χ3n) is 1.76. The fourth-order valence-electron chi connectivity index (χ4n) is 1.09. The number of aromatic nitrogens is 1. The van der Waals surface area contributed by atoms with Crippen LogP contribution in [0.15, 0.2) is 42.7 Å². The number of pyridine rings is 1. The Balaban J connectivity index is 2.25. The van der Waals surface area contributed by atoms with Gasteiger partial charge in [-0.05, 0) is 24.3 Å². The average Bonchev–Trinajstić information content (AvgIpc) is 2.24. The summed E-state index contributed by atoms with van der Waals surface area (Å²) in [4.78, 5) is 3.81. The summed E-state index contributed by atoms with van der Waals surface area (Å²) >= 11 is 0. The summed E-state index contributed by atoms with van der Waals surface area (Å²) in [6.45, 7) is 0. The predicted molar refractivity (Wildman–Crippen MR) is 50.7 cm³/mol. The summed E-state index contributed by atoms with van der Waals surface area (Å²) in [5.41, 5.74) is 0. The summed E-state index contributed by atoms with van der Waals surface area (Å²) in [5.74, 6) is -0.989. The Morgan fingerprint density at radius 1 is 1.13 bits per heavy atom. The molecule has 2 rings (SSSR count). The zero-order chi connectivity index (χ0) is 10.7. The average molecular weight is 207 g/mol. The van der Waals surface area contributed by atoms with Crippen molar-refractivity contribution in [2.75, 3.05) is 0 Å². The van der Waals surface area contributed by atoms with E-state index in [1.807, 2.05) is 0 Å². The normalized spacial score (nSPS) is 10.0. The molecule has 0 spiro atoms. The number of nitrogens with zero attached hydrogens (tertiary/aromatic N) is 1. The van der Waals surface area contributed by atoms with Crippen LogP contribution in [0.25, 0.3) is 0 Å². The lowest BCUT2D eigenvalue weighted by Crippen LogP contribution is -1.89. The van der Waals surface area contributed by atoms with E-state index in [9.17, 15) is 8.78 Å². The smallest absolute Gasteiger partial charge is 0.168 e. The maximum absolute atomic E-state index is 13.2. The SMILES string of the molecule is Fc1ccc(Oc2cccnc2)c(F)c1. The molecular formula is C11H7F2NO. The molecule has 2 nitrogen and oxygen atoms in total. The zero-order valence-electron chi connectivity index (χ0n) is 7.65. The van der Waals surface area contributed by atoms with Crippen LogP contribution in [0, 0.1) is 11.6 Å². The van der Waals surface area contributed by atoms with Crippen LogP contribution in [-0.4, -0.2) is 4.98 Å². The highest BCUT2D eigenvalue weighted by atomic mass is 19.1. The van der Waals surface area contributed by atoms with Crippen LogP contribution >= 0.6 is 0 Å². The van der Waals surface area contributed by atoms with Gasteiger partial charge in [-0.2, -0.15) is 0 Å². The van der Waals surface area contributed by atoms with Crippen LogP contribution in [-0.2, 0) is 0 Å². The van der Waals surface area contributed by atoms with Crippen molar-refractivity contribution in [2.24, 2.45) is 0 Å². The summed E-state index contributed by atoms with van der Waals surface area (Å²) in [6.07, 6.45) is 3.02. The molecule has 0 N–H and O–H groups in total. The lowest BCUT2D eigenvalue weighted by Gasteiger charge is -2.05. The molecule has 0 atom stereocenters. The van der Waals surface area contributed by atoms with Gasteiger partial charge in [0, 0.05) is 12.3 Å². The Morgan fingerprint density at radius 3 is 2.67 bits per heavy atom. The molecular weight excluding hydrogens is 200 g/mol. The third-order valence-corrected chi connectivity index (χ3v) is 1.76. The lowest BCUT2D eigenvalue weighted by molar-refractivity contribution is 0.436. The van der Waals surface area contributed by atoms with Crippen molar-refractivity contribution in [1.82, 2.24) is 4.98 Å². The van der Waals surface area contributed by atoms with E-state index >= 15 is 0 Å². The zero-order valence-corrected chi connectivity index (χ0v) is 7.65. The largest absolute Gasteiger partial charge is 0.453 e. The van der Waals surface area contributed by atoms with Crippen molar-refractivity contribution in [2.45, 2.75) is 0 Å². The molecule has 1 heterocycles. The fourth-order valence-corrected chi connectivity index (χ4v) is 1.09. The van der Waals surface area contributed by atoms with E-state index in [0.717, 1.165) is 12.1 Å². The molecule has 0 radical (unpaired) electrons. The third kappa shape index (κ3) is 2.28. The molecule has 0 amide bonds. The lowest BCUT2D eigenvalue weighted by atomic mass is 10.3. The Hall–Kier alpha value is -1.97. The number of hydrogen-bond acceptors (Lipinski definition) is 2. The van der Waals surface area contributed by atoms with Gasteiger partial charge in [-0.15, -0.1) is 0 Å². The van der Waals surface area contributed by atoms with Gasteiger partial charge in [-0.3, -0.25) is 4.98 Å². The van der Waals surface area contributed by atoms with Crippen molar-refractivity contribution in [3.8, 4) is 11.5 Å². The fraction of sp³-hybridized carbons (Fsp3) is 0. The van der Waals surface area contributed by atoms with E-state index < -0.39 is 11.6 Å². The van der Waals surface area contributed by atoms with Gasteiger partial charge in [-0.25, -0.2) is 8.78 Å². The standard InChI is InChI=1S/C11H7F2NO/c12-8-3-4-11(10(13)6-8)15-9-2-1-5-14-7-9/h1-7H. The number of ether oxygens (including phenoxy) is 1. The highest BCUT2D eigenvalue weighted by Gasteiger charge is 2.05. The minimum atomic E-state index is -0.737. The van der Waals surface area contributed by atoms with Crippen LogP contribution in [0.4, 0.5) is 8.78 Å². The predicted octanol–water partition coefficient (Wildman–Crippen LogP) is 3.15. The van der Waals surface area contributed by atoms with Gasteiger partial charge >= 0.3 is 0 Å². The molecule has 0 fully saturated rings. The van der Waals surface area contributed by atoms with Gasteiger partial charge in [0.2, 0.25) is 0 Å². The van der Waals surface area contributed by atoms with Gasteiger partial charge in [0.1, 0.15) is 11.6 Å². The Labute approximate surface area is 85.2 Å². The summed E-state index contributed by atoms with van der Waals surface area (Å²) in [7, 11) is 0. The van der Waals surface area contributed by atoms with E-state index in [4.69, 9.17) is 4.74 Å². The van der Waals surface area contributed by atoms with E-state index in [1.54, 1.807) is 18.3 Å². The monoisotopic (exact) mass is 207 g/mol. The van der Waals surface area contributed by atoms with Gasteiger partial charge in [-0.1, -0.05) is 0 Å². The van der Waals surface area contributed by atoms with Crippen molar-refractivity contribution in [3.05, 3.63) is 54.4 Å². The van der Waals surface area contributed by atoms with Crippen LogP contribution in [0.5, 0.6) is 11.5 Å². The van der Waals surface area contributed by atoms with Gasteiger partial charge in [0.05, 0.1) is 6.20 Å². The molecule has 0 aliphatic rings. The molecule has 2 aromatic rings. The van der Waals surface area contributed by atoms with E-state index in [1.165, 1.54) is 12.3 Å². The number of hydrogen-bond donors (Lipinski definition) is 0. The molecule has 1 aromatic heterocycles. The minimum absolute atomic E-state index is 0.0237. The van der Waals surface area contributed by atoms with E-state index in [0.29, 0.717) is 5.75 Å². The van der Waals surface area contributed by atoms with E-state index in [-0.39, 0.29) is 5.75 Å². The Morgan fingerprint density at radius 2 is 2.00 bits per heavy atom. The second kappa shape index (κ2) is 4.04. The van der Waals surface area contributed by atoms with E-state index in [2.05, 4.69) is 4.98 Å². The van der Waals surface area contributed by atoms with Crippen LogP contribution in [0.2, 0.25) is 0 Å². The molecule has 0 saturated carbocycles. The van der Waals surface area contributed by atoms with Crippen molar-refractivity contribution < 1.29 is 13.5 Å². The Bertz CT molecular complexity index is 459.